The summed E-state index contributed by atoms with van der Waals surface area (Å²) in [7, 11) is 0. The monoisotopic (exact) mass is 189 g/mol. The summed E-state index contributed by atoms with van der Waals surface area (Å²) in [6, 6.07) is 0. The van der Waals surface area contributed by atoms with E-state index in [1.54, 1.807) is 0 Å². The van der Waals surface area contributed by atoms with Crippen LogP contribution in [-0.2, 0) is 0 Å². The van der Waals surface area contributed by atoms with Crippen LogP contribution >= 0.6 is 12.8 Å². The van der Waals surface area contributed by atoms with Crippen molar-refractivity contribution in [2.45, 2.75) is 47.5 Å². The van der Waals surface area contributed by atoms with E-state index in [4.69, 9.17) is 0 Å². The Balaban J connectivity index is 0. The summed E-state index contributed by atoms with van der Waals surface area (Å²) in [6.07, 6.45) is 2.28. The van der Waals surface area contributed by atoms with E-state index in [2.05, 4.69) is 38.3 Å². The lowest BCUT2D eigenvalue weighted by molar-refractivity contribution is 0.873. The van der Waals surface area contributed by atoms with Gasteiger partial charge in [-0.1, -0.05) is 44.7 Å². The number of rotatable bonds is 4. The first-order valence-electron chi connectivity index (χ1n) is 4.74. The summed E-state index contributed by atoms with van der Waals surface area (Å²) >= 11 is 3.92. The molecule has 0 rings (SSSR count). The highest BCUT2D eigenvalue weighted by Crippen LogP contribution is 2.09. The fraction of sp³-hybridized carbons (Fsp3) is 0.800. The topological polar surface area (TPSA) is 12.0 Å². The molecule has 0 fully saturated rings. The van der Waals surface area contributed by atoms with Crippen LogP contribution < -0.4 is 4.72 Å². The van der Waals surface area contributed by atoms with Gasteiger partial charge in [-0.3, -0.25) is 4.72 Å². The van der Waals surface area contributed by atoms with Crippen LogP contribution in [0.2, 0.25) is 0 Å². The fourth-order valence-corrected chi connectivity index (χ4v) is 0.870. The normalized spacial score (nSPS) is 11.5. The Hall–Kier alpha value is 0.0500. The Bertz CT molecular complexity index is 119. The lowest BCUT2D eigenvalue weighted by Crippen LogP contribution is -2.01. The summed E-state index contributed by atoms with van der Waals surface area (Å²) in [5.41, 5.74) is 2.99. The SMILES string of the molecule is CC.CC/C(C)=C(/C)CCNS. The van der Waals surface area contributed by atoms with Gasteiger partial charge in [-0.25, -0.2) is 0 Å². The predicted octanol–water partition coefficient (Wildman–Crippen LogP) is 3.58. The molecule has 0 aliphatic heterocycles. The molecule has 0 bridgehead atoms. The molecule has 0 aliphatic carbocycles. The van der Waals surface area contributed by atoms with Crippen LogP contribution in [0.4, 0.5) is 0 Å². The van der Waals surface area contributed by atoms with Gasteiger partial charge in [-0.2, -0.15) is 0 Å². The first-order valence-corrected chi connectivity index (χ1v) is 5.19. The first kappa shape index (κ1) is 14.6. The van der Waals surface area contributed by atoms with Crippen molar-refractivity contribution in [1.29, 1.82) is 0 Å². The zero-order chi connectivity index (χ0) is 9.98. The highest BCUT2D eigenvalue weighted by atomic mass is 32.1. The van der Waals surface area contributed by atoms with Gasteiger partial charge in [0.15, 0.2) is 0 Å². The molecule has 0 atom stereocenters. The standard InChI is InChI=1S/C8H17NS.C2H6/c1-4-7(2)8(3)5-6-9-10;1-2/h9-10H,4-6H2,1-3H3;1-2H3/b8-7-;. The molecule has 2 heteroatoms. The molecule has 0 radical (unpaired) electrons. The molecular weight excluding hydrogens is 166 g/mol. The average Bonchev–Trinajstić information content (AvgIpc) is 2.16. The van der Waals surface area contributed by atoms with Crippen molar-refractivity contribution >= 4 is 12.8 Å². The second-order valence-electron chi connectivity index (χ2n) is 2.57. The van der Waals surface area contributed by atoms with Crippen LogP contribution in [0.15, 0.2) is 11.1 Å². The molecule has 0 spiro atoms. The Morgan fingerprint density at radius 3 is 2.00 bits per heavy atom. The molecule has 0 unspecified atom stereocenters. The van der Waals surface area contributed by atoms with E-state index in [1.165, 1.54) is 17.6 Å². The maximum Gasteiger partial charge on any atom is 0.00934 e. The molecule has 0 aromatic rings. The third-order valence-electron chi connectivity index (χ3n) is 1.87. The first-order chi connectivity index (χ1) is 5.72. The van der Waals surface area contributed by atoms with Crippen LogP contribution in [0.3, 0.4) is 0 Å². The molecule has 0 aromatic heterocycles. The minimum Gasteiger partial charge on any atom is -0.266 e. The van der Waals surface area contributed by atoms with Gasteiger partial charge >= 0.3 is 0 Å². The Morgan fingerprint density at radius 2 is 1.67 bits per heavy atom. The Morgan fingerprint density at radius 1 is 1.17 bits per heavy atom. The summed E-state index contributed by atoms with van der Waals surface area (Å²) in [5.74, 6) is 0. The third-order valence-corrected chi connectivity index (χ3v) is 2.09. The Labute approximate surface area is 83.2 Å². The second kappa shape index (κ2) is 11.1. The van der Waals surface area contributed by atoms with Crippen LogP contribution in [0.1, 0.15) is 47.5 Å². The molecule has 0 heterocycles. The number of allylic oxidation sites excluding steroid dienone is 1. The van der Waals surface area contributed by atoms with Gasteiger partial charge < -0.3 is 0 Å². The van der Waals surface area contributed by atoms with Gasteiger partial charge in [0.05, 0.1) is 0 Å². The molecule has 0 aliphatic rings. The number of thiol groups is 1. The van der Waals surface area contributed by atoms with Crippen LogP contribution in [-0.4, -0.2) is 6.54 Å². The zero-order valence-electron chi connectivity index (χ0n) is 9.07. The molecule has 0 amide bonds. The lowest BCUT2D eigenvalue weighted by Gasteiger charge is -2.03. The quantitative estimate of drug-likeness (QED) is 0.509. The molecule has 0 saturated carbocycles. The minimum atomic E-state index is 0.965. The maximum atomic E-state index is 3.92. The van der Waals surface area contributed by atoms with Gasteiger partial charge in [-0.05, 0) is 26.7 Å². The summed E-state index contributed by atoms with van der Waals surface area (Å²) < 4.78 is 2.84. The average molecular weight is 189 g/mol. The third kappa shape index (κ3) is 8.15. The minimum absolute atomic E-state index is 0.965. The molecule has 12 heavy (non-hydrogen) atoms. The molecule has 0 aromatic carbocycles. The van der Waals surface area contributed by atoms with Crippen molar-refractivity contribution in [3.05, 3.63) is 11.1 Å². The van der Waals surface area contributed by atoms with Crippen LogP contribution in [0.25, 0.3) is 0 Å². The predicted molar refractivity (Wildman–Crippen MR) is 61.6 cm³/mol. The lowest BCUT2D eigenvalue weighted by atomic mass is 10.1. The van der Waals surface area contributed by atoms with Crippen molar-refractivity contribution in [2.24, 2.45) is 0 Å². The molecule has 1 N–H and O–H groups in total. The number of hydrogen-bond acceptors (Lipinski definition) is 2. The van der Waals surface area contributed by atoms with E-state index < -0.39 is 0 Å². The fourth-order valence-electron chi connectivity index (χ4n) is 0.759. The molecule has 0 saturated heterocycles. The largest absolute Gasteiger partial charge is 0.266 e. The van der Waals surface area contributed by atoms with Gasteiger partial charge in [-0.15, -0.1) is 0 Å². The second-order valence-corrected chi connectivity index (χ2v) is 2.89. The van der Waals surface area contributed by atoms with Gasteiger partial charge in [0.2, 0.25) is 0 Å². The van der Waals surface area contributed by atoms with Gasteiger partial charge in [0, 0.05) is 6.54 Å². The molecule has 1 nitrogen and oxygen atoms in total. The van der Waals surface area contributed by atoms with Crippen molar-refractivity contribution in [3.63, 3.8) is 0 Å². The summed E-state index contributed by atoms with van der Waals surface area (Å²) in [5, 5.41) is 0. The van der Waals surface area contributed by atoms with E-state index >= 15 is 0 Å². The van der Waals surface area contributed by atoms with Crippen molar-refractivity contribution in [2.75, 3.05) is 6.54 Å². The zero-order valence-corrected chi connectivity index (χ0v) is 9.96. The number of hydrogen-bond donors (Lipinski definition) is 2. The highest BCUT2D eigenvalue weighted by molar-refractivity contribution is 7.78. The van der Waals surface area contributed by atoms with E-state index in [0.29, 0.717) is 0 Å². The van der Waals surface area contributed by atoms with E-state index in [9.17, 15) is 0 Å². The van der Waals surface area contributed by atoms with E-state index in [1.807, 2.05) is 13.8 Å². The van der Waals surface area contributed by atoms with Crippen molar-refractivity contribution in [3.8, 4) is 0 Å². The Kier molecular flexibility index (Phi) is 13.4. The summed E-state index contributed by atoms with van der Waals surface area (Å²) in [6.45, 7) is 11.5. The molecular formula is C10H23NS. The van der Waals surface area contributed by atoms with E-state index in [-0.39, 0.29) is 0 Å². The van der Waals surface area contributed by atoms with E-state index in [0.717, 1.165) is 13.0 Å². The smallest absolute Gasteiger partial charge is 0.00934 e. The summed E-state index contributed by atoms with van der Waals surface area (Å²) in [4.78, 5) is 0. The van der Waals surface area contributed by atoms with Crippen molar-refractivity contribution < 1.29 is 0 Å². The maximum absolute atomic E-state index is 3.92. The van der Waals surface area contributed by atoms with Gasteiger partial charge in [0.25, 0.3) is 0 Å². The van der Waals surface area contributed by atoms with Crippen molar-refractivity contribution in [1.82, 2.24) is 4.72 Å². The van der Waals surface area contributed by atoms with Gasteiger partial charge in [0.1, 0.15) is 0 Å². The van der Waals surface area contributed by atoms with Crippen LogP contribution in [0, 0.1) is 0 Å². The number of nitrogens with one attached hydrogen (secondary N) is 1. The highest BCUT2D eigenvalue weighted by Gasteiger charge is 1.92. The van der Waals surface area contributed by atoms with Crippen LogP contribution in [0.5, 0.6) is 0 Å². The molecule has 74 valence electrons.